The topological polar surface area (TPSA) is 94.9 Å². The number of carboxylic acids is 1. The molecule has 0 amide bonds. The number of benzene rings is 2. The maximum absolute atomic E-state index is 13.6. The molecule has 2 rings (SSSR count). The van der Waals surface area contributed by atoms with Gasteiger partial charge in [0.2, 0.25) is 0 Å². The monoisotopic (exact) mass is 339 g/mol. The fraction of sp³-hybridized carbons (Fsp3) is 0.133. The highest BCUT2D eigenvalue weighted by Gasteiger charge is 2.26. The summed E-state index contributed by atoms with van der Waals surface area (Å²) in [6, 6.07) is 10.3. The van der Waals surface area contributed by atoms with E-state index in [2.05, 4.69) is 0 Å². The first kappa shape index (κ1) is 16.9. The Hall–Kier alpha value is -2.45. The van der Waals surface area contributed by atoms with Gasteiger partial charge in [0.05, 0.1) is 29.3 Å². The highest BCUT2D eigenvalue weighted by atomic mass is 32.2. The van der Waals surface area contributed by atoms with Crippen LogP contribution in [-0.2, 0) is 10.0 Å². The fourth-order valence-corrected chi connectivity index (χ4v) is 3.55. The third kappa shape index (κ3) is 3.66. The van der Waals surface area contributed by atoms with E-state index < -0.39 is 38.9 Å². The standard InChI is InChI=1S/C15H14FNO5S/c16-12-8-11(15(19)20)9-14(10-12)23(21,22)17(6-7-18)13-4-2-1-3-5-13/h1-5,8-10,18H,6-7H2,(H,19,20). The number of hydrogen-bond donors (Lipinski definition) is 2. The molecule has 0 aliphatic heterocycles. The number of sulfonamides is 1. The van der Waals surface area contributed by atoms with Gasteiger partial charge >= 0.3 is 5.97 Å². The maximum atomic E-state index is 13.6. The van der Waals surface area contributed by atoms with Crippen molar-refractivity contribution in [2.75, 3.05) is 17.5 Å². The van der Waals surface area contributed by atoms with Crippen molar-refractivity contribution >= 4 is 21.7 Å². The van der Waals surface area contributed by atoms with Crippen LogP contribution in [0.5, 0.6) is 0 Å². The number of carbonyl (C=O) groups is 1. The summed E-state index contributed by atoms with van der Waals surface area (Å²) in [5.74, 6) is -2.41. The van der Waals surface area contributed by atoms with Gasteiger partial charge in [-0.05, 0) is 30.3 Å². The first-order valence-electron chi connectivity index (χ1n) is 6.59. The fourth-order valence-electron chi connectivity index (χ4n) is 2.04. The average Bonchev–Trinajstić information content (AvgIpc) is 2.52. The van der Waals surface area contributed by atoms with Gasteiger partial charge < -0.3 is 10.2 Å². The van der Waals surface area contributed by atoms with Crippen molar-refractivity contribution in [3.8, 4) is 0 Å². The molecule has 8 heteroatoms. The molecule has 0 aliphatic rings. The molecule has 0 atom stereocenters. The Labute approximate surface area is 132 Å². The molecule has 0 radical (unpaired) electrons. The van der Waals surface area contributed by atoms with Crippen LogP contribution in [0.25, 0.3) is 0 Å². The number of hydrogen-bond acceptors (Lipinski definition) is 4. The maximum Gasteiger partial charge on any atom is 0.335 e. The second-order valence-electron chi connectivity index (χ2n) is 4.62. The normalized spacial score (nSPS) is 11.2. The van der Waals surface area contributed by atoms with E-state index in [0.29, 0.717) is 0 Å². The first-order chi connectivity index (χ1) is 10.9. The van der Waals surface area contributed by atoms with Crippen molar-refractivity contribution in [3.05, 3.63) is 59.9 Å². The molecular weight excluding hydrogens is 325 g/mol. The van der Waals surface area contributed by atoms with Gasteiger partial charge in [-0.25, -0.2) is 17.6 Å². The van der Waals surface area contributed by atoms with Gasteiger partial charge in [-0.1, -0.05) is 18.2 Å². The van der Waals surface area contributed by atoms with Crippen LogP contribution in [-0.4, -0.2) is 37.8 Å². The number of nitrogens with zero attached hydrogens (tertiary/aromatic N) is 1. The van der Waals surface area contributed by atoms with E-state index in [-0.39, 0.29) is 12.2 Å². The summed E-state index contributed by atoms with van der Waals surface area (Å²) in [5, 5.41) is 18.1. The molecule has 0 heterocycles. The van der Waals surface area contributed by atoms with Crippen molar-refractivity contribution < 1.29 is 27.8 Å². The van der Waals surface area contributed by atoms with Gasteiger partial charge in [-0.2, -0.15) is 0 Å². The molecule has 0 bridgehead atoms. The van der Waals surface area contributed by atoms with E-state index >= 15 is 0 Å². The Balaban J connectivity index is 2.56. The van der Waals surface area contributed by atoms with Gasteiger partial charge in [-0.3, -0.25) is 4.31 Å². The number of aliphatic hydroxyl groups excluding tert-OH is 1. The van der Waals surface area contributed by atoms with Gasteiger partial charge in [-0.15, -0.1) is 0 Å². The summed E-state index contributed by atoms with van der Waals surface area (Å²) >= 11 is 0. The van der Waals surface area contributed by atoms with Crippen molar-refractivity contribution in [2.45, 2.75) is 4.90 Å². The lowest BCUT2D eigenvalue weighted by Gasteiger charge is -2.23. The predicted molar refractivity (Wildman–Crippen MR) is 81.4 cm³/mol. The minimum atomic E-state index is -4.22. The van der Waals surface area contributed by atoms with Crippen LogP contribution < -0.4 is 4.31 Å². The number of anilines is 1. The Bertz CT molecular complexity index is 808. The number of aromatic carboxylic acids is 1. The third-order valence-corrected chi connectivity index (χ3v) is 4.86. The number of para-hydroxylation sites is 1. The lowest BCUT2D eigenvalue weighted by molar-refractivity contribution is 0.0696. The van der Waals surface area contributed by atoms with Crippen LogP contribution in [0.4, 0.5) is 10.1 Å². The van der Waals surface area contributed by atoms with Crippen LogP contribution in [0.1, 0.15) is 10.4 Å². The average molecular weight is 339 g/mol. The van der Waals surface area contributed by atoms with Gasteiger partial charge in [0.15, 0.2) is 0 Å². The summed E-state index contributed by atoms with van der Waals surface area (Å²) in [6.07, 6.45) is 0. The Kier molecular flexibility index (Phi) is 4.97. The van der Waals surface area contributed by atoms with Crippen LogP contribution >= 0.6 is 0 Å². The highest BCUT2D eigenvalue weighted by molar-refractivity contribution is 7.92. The molecule has 0 saturated carbocycles. The summed E-state index contributed by atoms with van der Waals surface area (Å²) in [7, 11) is -4.22. The number of aliphatic hydroxyl groups is 1. The largest absolute Gasteiger partial charge is 0.478 e. The molecule has 23 heavy (non-hydrogen) atoms. The zero-order chi connectivity index (χ0) is 17.0. The first-order valence-corrected chi connectivity index (χ1v) is 8.03. The molecule has 0 aliphatic carbocycles. The molecule has 0 saturated heterocycles. The number of halogens is 1. The molecular formula is C15H14FNO5S. The lowest BCUT2D eigenvalue weighted by Crippen LogP contribution is -2.33. The van der Waals surface area contributed by atoms with E-state index in [4.69, 9.17) is 10.2 Å². The van der Waals surface area contributed by atoms with E-state index in [1.165, 1.54) is 12.1 Å². The van der Waals surface area contributed by atoms with Gasteiger partial charge in [0.25, 0.3) is 10.0 Å². The van der Waals surface area contributed by atoms with Crippen molar-refractivity contribution in [1.29, 1.82) is 0 Å². The molecule has 0 spiro atoms. The molecule has 122 valence electrons. The molecule has 0 unspecified atom stereocenters. The van der Waals surface area contributed by atoms with Crippen molar-refractivity contribution in [2.24, 2.45) is 0 Å². The molecule has 2 aromatic carbocycles. The second kappa shape index (κ2) is 6.76. The second-order valence-corrected chi connectivity index (χ2v) is 6.48. The molecule has 0 fully saturated rings. The van der Waals surface area contributed by atoms with Crippen LogP contribution in [0.3, 0.4) is 0 Å². The smallest absolute Gasteiger partial charge is 0.335 e. The molecule has 2 N–H and O–H groups in total. The Morgan fingerprint density at radius 1 is 1.13 bits per heavy atom. The zero-order valence-electron chi connectivity index (χ0n) is 11.9. The van der Waals surface area contributed by atoms with Crippen LogP contribution in [0.15, 0.2) is 53.4 Å². The summed E-state index contributed by atoms with van der Waals surface area (Å²) < 4.78 is 39.9. The Morgan fingerprint density at radius 3 is 2.35 bits per heavy atom. The molecule has 0 aromatic heterocycles. The van der Waals surface area contributed by atoms with E-state index in [9.17, 15) is 17.6 Å². The number of rotatable bonds is 6. The number of carboxylic acid groups (broad SMARTS) is 1. The SMILES string of the molecule is O=C(O)c1cc(F)cc(S(=O)(=O)N(CCO)c2ccccc2)c1. The predicted octanol–water partition coefficient (Wildman–Crippen LogP) is 1.71. The zero-order valence-corrected chi connectivity index (χ0v) is 12.7. The third-order valence-electron chi connectivity index (χ3n) is 3.05. The van der Waals surface area contributed by atoms with E-state index in [0.717, 1.165) is 22.5 Å². The Morgan fingerprint density at radius 2 is 1.78 bits per heavy atom. The summed E-state index contributed by atoms with van der Waals surface area (Å²) in [5.41, 5.74) is -0.191. The minimum absolute atomic E-state index is 0.245. The van der Waals surface area contributed by atoms with Crippen molar-refractivity contribution in [3.63, 3.8) is 0 Å². The minimum Gasteiger partial charge on any atom is -0.478 e. The highest BCUT2D eigenvalue weighted by Crippen LogP contribution is 2.24. The molecule has 6 nitrogen and oxygen atoms in total. The lowest BCUT2D eigenvalue weighted by atomic mass is 10.2. The summed E-state index contributed by atoms with van der Waals surface area (Å²) in [4.78, 5) is 10.5. The molecule has 2 aromatic rings. The van der Waals surface area contributed by atoms with E-state index in [1.807, 2.05) is 0 Å². The van der Waals surface area contributed by atoms with Gasteiger partial charge in [0.1, 0.15) is 5.82 Å². The quantitative estimate of drug-likeness (QED) is 0.835. The van der Waals surface area contributed by atoms with Crippen molar-refractivity contribution in [1.82, 2.24) is 0 Å². The summed E-state index contributed by atoms with van der Waals surface area (Å²) in [6.45, 7) is -0.694. The van der Waals surface area contributed by atoms with Crippen LogP contribution in [0, 0.1) is 5.82 Å². The van der Waals surface area contributed by atoms with Crippen LogP contribution in [0.2, 0.25) is 0 Å². The van der Waals surface area contributed by atoms with E-state index in [1.54, 1.807) is 18.2 Å². The van der Waals surface area contributed by atoms with Gasteiger partial charge in [0, 0.05) is 0 Å².